The van der Waals surface area contributed by atoms with Crippen molar-refractivity contribution >= 4 is 27.5 Å². The van der Waals surface area contributed by atoms with Crippen LogP contribution in [0.2, 0.25) is 0 Å². The lowest BCUT2D eigenvalue weighted by Crippen LogP contribution is -2.55. The van der Waals surface area contributed by atoms with Gasteiger partial charge in [0, 0.05) is 12.1 Å². The maximum Gasteiger partial charge on any atom is 0.264 e. The Morgan fingerprint density at radius 2 is 1.54 bits per heavy atom. The van der Waals surface area contributed by atoms with Crippen LogP contribution in [0.3, 0.4) is 0 Å². The lowest BCUT2D eigenvalue weighted by atomic mass is 10.1. The van der Waals surface area contributed by atoms with Crippen molar-refractivity contribution < 1.29 is 27.1 Å². The van der Waals surface area contributed by atoms with Crippen LogP contribution in [0.25, 0.3) is 0 Å². The quantitative estimate of drug-likeness (QED) is 0.341. The van der Waals surface area contributed by atoms with Gasteiger partial charge in [-0.05, 0) is 88.2 Å². The van der Waals surface area contributed by atoms with E-state index in [9.17, 15) is 22.4 Å². The number of amides is 2. The topological polar surface area (TPSA) is 96.0 Å². The molecule has 0 radical (unpaired) electrons. The molecule has 1 N–H and O–H groups in total. The summed E-state index contributed by atoms with van der Waals surface area (Å²) in [6.07, 6.45) is 0.307. The first-order valence-electron chi connectivity index (χ1n) is 13.3. The fourth-order valence-electron chi connectivity index (χ4n) is 4.27. The summed E-state index contributed by atoms with van der Waals surface area (Å²) in [5, 5.41) is 2.94. The van der Waals surface area contributed by atoms with Gasteiger partial charge >= 0.3 is 0 Å². The van der Waals surface area contributed by atoms with E-state index < -0.39 is 39.9 Å². The lowest BCUT2D eigenvalue weighted by Gasteiger charge is -2.34. The van der Waals surface area contributed by atoms with Gasteiger partial charge in [-0.1, -0.05) is 36.8 Å². The van der Waals surface area contributed by atoms with E-state index in [1.54, 1.807) is 6.92 Å². The highest BCUT2D eigenvalue weighted by Crippen LogP contribution is 2.26. The third-order valence-corrected chi connectivity index (χ3v) is 8.19. The molecule has 41 heavy (non-hydrogen) atoms. The number of hydrogen-bond acceptors (Lipinski definition) is 5. The van der Waals surface area contributed by atoms with Crippen LogP contribution in [0.1, 0.15) is 45.2 Å². The first-order valence-corrected chi connectivity index (χ1v) is 14.8. The van der Waals surface area contributed by atoms with Crippen molar-refractivity contribution in [3.63, 3.8) is 0 Å². The minimum atomic E-state index is -4.27. The molecule has 0 saturated carbocycles. The number of anilines is 1. The zero-order chi connectivity index (χ0) is 30.4. The van der Waals surface area contributed by atoms with E-state index in [1.807, 2.05) is 52.0 Å². The van der Waals surface area contributed by atoms with E-state index in [1.165, 1.54) is 48.4 Å². The standard InChI is InChI=1S/C31H38FN3O5S/c1-7-28(30(37)33-31(3,4)5)34(20-23-10-8-22(2)9-11-23)29(36)21-35(25-14-12-24(32)13-15-25)41(38,39)27-18-16-26(40-6)17-19-27/h8-19,28H,7,20-21H2,1-6H3,(H,33,37). The highest BCUT2D eigenvalue weighted by atomic mass is 32.2. The second-order valence-electron chi connectivity index (χ2n) is 10.8. The summed E-state index contributed by atoms with van der Waals surface area (Å²) in [7, 11) is -2.81. The smallest absolute Gasteiger partial charge is 0.264 e. The number of ether oxygens (including phenoxy) is 1. The maximum absolute atomic E-state index is 14.1. The zero-order valence-electron chi connectivity index (χ0n) is 24.3. The van der Waals surface area contributed by atoms with Crippen LogP contribution in [0, 0.1) is 12.7 Å². The predicted molar refractivity (Wildman–Crippen MR) is 158 cm³/mol. The fraction of sp³-hybridized carbons (Fsp3) is 0.355. The Morgan fingerprint density at radius 3 is 2.05 bits per heavy atom. The van der Waals surface area contributed by atoms with E-state index in [-0.39, 0.29) is 23.0 Å². The van der Waals surface area contributed by atoms with Gasteiger partial charge in [0.2, 0.25) is 11.8 Å². The minimum absolute atomic E-state index is 0.0713. The van der Waals surface area contributed by atoms with Crippen LogP contribution in [0.4, 0.5) is 10.1 Å². The normalized spacial score (nSPS) is 12.4. The van der Waals surface area contributed by atoms with Gasteiger partial charge in [0.25, 0.3) is 10.0 Å². The molecule has 1 atom stereocenters. The van der Waals surface area contributed by atoms with Crippen molar-refractivity contribution in [3.05, 3.63) is 89.7 Å². The number of sulfonamides is 1. The molecule has 3 aromatic carbocycles. The van der Waals surface area contributed by atoms with Crippen molar-refractivity contribution in [1.82, 2.24) is 10.2 Å². The largest absolute Gasteiger partial charge is 0.497 e. The van der Waals surface area contributed by atoms with Crippen LogP contribution >= 0.6 is 0 Å². The zero-order valence-corrected chi connectivity index (χ0v) is 25.2. The maximum atomic E-state index is 14.1. The predicted octanol–water partition coefficient (Wildman–Crippen LogP) is 5.06. The molecular weight excluding hydrogens is 545 g/mol. The highest BCUT2D eigenvalue weighted by molar-refractivity contribution is 7.92. The second kappa shape index (κ2) is 13.2. The van der Waals surface area contributed by atoms with E-state index in [4.69, 9.17) is 4.74 Å². The number of methoxy groups -OCH3 is 1. The first-order chi connectivity index (χ1) is 19.2. The summed E-state index contributed by atoms with van der Waals surface area (Å²) in [6.45, 7) is 8.78. The first kappa shape index (κ1) is 31.6. The number of hydrogen-bond donors (Lipinski definition) is 1. The molecule has 220 valence electrons. The van der Waals surface area contributed by atoms with Gasteiger partial charge in [-0.25, -0.2) is 12.8 Å². The molecule has 0 fully saturated rings. The van der Waals surface area contributed by atoms with Crippen molar-refractivity contribution in [2.75, 3.05) is 18.0 Å². The van der Waals surface area contributed by atoms with Crippen molar-refractivity contribution in [3.8, 4) is 5.75 Å². The molecule has 0 spiro atoms. The average molecular weight is 584 g/mol. The minimum Gasteiger partial charge on any atom is -0.497 e. The number of nitrogens with zero attached hydrogens (tertiary/aromatic N) is 2. The molecule has 3 aromatic rings. The fourth-order valence-corrected chi connectivity index (χ4v) is 5.69. The van der Waals surface area contributed by atoms with Crippen LogP contribution in [-0.2, 0) is 26.2 Å². The molecule has 8 nitrogen and oxygen atoms in total. The van der Waals surface area contributed by atoms with Crippen LogP contribution in [0.15, 0.2) is 77.7 Å². The monoisotopic (exact) mass is 583 g/mol. The number of rotatable bonds is 11. The van der Waals surface area contributed by atoms with Crippen molar-refractivity contribution in [1.29, 1.82) is 0 Å². The van der Waals surface area contributed by atoms with Crippen LogP contribution < -0.4 is 14.4 Å². The molecule has 2 amide bonds. The molecule has 0 aliphatic heterocycles. The Morgan fingerprint density at radius 1 is 0.951 bits per heavy atom. The number of halogens is 1. The number of carbonyl (C=O) groups is 2. The molecule has 3 rings (SSSR count). The Hall–Kier alpha value is -3.92. The number of nitrogens with one attached hydrogen (secondary N) is 1. The molecule has 0 aliphatic carbocycles. The van der Waals surface area contributed by atoms with Crippen LogP contribution in [-0.4, -0.2) is 50.4 Å². The molecular formula is C31H38FN3O5S. The Labute approximate surface area is 242 Å². The van der Waals surface area contributed by atoms with Crippen molar-refractivity contribution in [2.24, 2.45) is 0 Å². The van der Waals surface area contributed by atoms with E-state index in [0.717, 1.165) is 27.6 Å². The summed E-state index contributed by atoms with van der Waals surface area (Å²) < 4.78 is 47.6. The summed E-state index contributed by atoms with van der Waals surface area (Å²) in [5.74, 6) is -1.00. The van der Waals surface area contributed by atoms with E-state index in [0.29, 0.717) is 12.2 Å². The van der Waals surface area contributed by atoms with Gasteiger partial charge in [0.15, 0.2) is 0 Å². The third-order valence-electron chi connectivity index (χ3n) is 6.40. The summed E-state index contributed by atoms with van der Waals surface area (Å²) in [5.41, 5.74) is 1.40. The lowest BCUT2D eigenvalue weighted by molar-refractivity contribution is -0.141. The second-order valence-corrected chi connectivity index (χ2v) is 12.7. The molecule has 0 bridgehead atoms. The van der Waals surface area contributed by atoms with Gasteiger partial charge in [-0.15, -0.1) is 0 Å². The highest BCUT2D eigenvalue weighted by Gasteiger charge is 2.34. The van der Waals surface area contributed by atoms with Crippen LogP contribution in [0.5, 0.6) is 5.75 Å². The summed E-state index contributed by atoms with van der Waals surface area (Å²) in [6, 6.07) is 17.3. The number of benzene rings is 3. The molecule has 0 aliphatic rings. The molecule has 0 heterocycles. The average Bonchev–Trinajstić information content (AvgIpc) is 2.92. The number of aryl methyl sites for hydroxylation is 1. The number of carbonyl (C=O) groups excluding carboxylic acids is 2. The van der Waals surface area contributed by atoms with Crippen molar-refractivity contribution in [2.45, 2.75) is 64.1 Å². The van der Waals surface area contributed by atoms with Gasteiger partial charge in [-0.3, -0.25) is 13.9 Å². The van der Waals surface area contributed by atoms with Gasteiger partial charge in [0.1, 0.15) is 24.2 Å². The summed E-state index contributed by atoms with van der Waals surface area (Å²) >= 11 is 0. The Kier molecular flexibility index (Phi) is 10.1. The van der Waals surface area contributed by atoms with Gasteiger partial charge < -0.3 is 15.0 Å². The Bertz CT molecular complexity index is 1440. The van der Waals surface area contributed by atoms with E-state index in [2.05, 4.69) is 5.32 Å². The third kappa shape index (κ3) is 8.29. The molecule has 10 heteroatoms. The van der Waals surface area contributed by atoms with Gasteiger partial charge in [0.05, 0.1) is 17.7 Å². The summed E-state index contributed by atoms with van der Waals surface area (Å²) in [4.78, 5) is 28.8. The Balaban J connectivity index is 2.06. The molecule has 1 unspecified atom stereocenters. The SMILES string of the molecule is CCC(C(=O)NC(C)(C)C)N(Cc1ccc(C)cc1)C(=O)CN(c1ccc(F)cc1)S(=O)(=O)c1ccc(OC)cc1. The molecule has 0 aromatic heterocycles. The van der Waals surface area contributed by atoms with E-state index >= 15 is 0 Å². The molecule has 0 saturated heterocycles. The van der Waals surface area contributed by atoms with Gasteiger partial charge in [-0.2, -0.15) is 0 Å².